The van der Waals surface area contributed by atoms with Crippen LogP contribution in [0, 0.1) is 6.92 Å². The summed E-state index contributed by atoms with van der Waals surface area (Å²) in [5.41, 5.74) is 2.38. The summed E-state index contributed by atoms with van der Waals surface area (Å²) in [5, 5.41) is 1.94. The SMILES string of the molecule is CCc1ccc(C)[n+](CC(=O)c2cccs2)c1.[Cl-]. The van der Waals surface area contributed by atoms with Crippen LogP contribution < -0.4 is 17.0 Å². The van der Waals surface area contributed by atoms with E-state index >= 15 is 0 Å². The highest BCUT2D eigenvalue weighted by molar-refractivity contribution is 7.12. The molecule has 0 unspecified atom stereocenters. The summed E-state index contributed by atoms with van der Waals surface area (Å²) in [5.74, 6) is 0.182. The summed E-state index contributed by atoms with van der Waals surface area (Å²) in [7, 11) is 0. The van der Waals surface area contributed by atoms with E-state index in [2.05, 4.69) is 25.3 Å². The number of ketones is 1. The maximum atomic E-state index is 12.0. The Kier molecular flexibility index (Phi) is 5.51. The van der Waals surface area contributed by atoms with Crippen molar-refractivity contribution in [1.82, 2.24) is 0 Å². The zero-order valence-corrected chi connectivity index (χ0v) is 12.1. The Morgan fingerprint density at radius 3 is 2.72 bits per heavy atom. The van der Waals surface area contributed by atoms with Crippen molar-refractivity contribution >= 4 is 17.1 Å². The molecule has 18 heavy (non-hydrogen) atoms. The van der Waals surface area contributed by atoms with E-state index in [0.717, 1.165) is 17.0 Å². The topological polar surface area (TPSA) is 20.9 Å². The normalized spacial score (nSPS) is 9.89. The lowest BCUT2D eigenvalue weighted by molar-refractivity contribution is -0.689. The Bertz CT molecular complexity index is 523. The lowest BCUT2D eigenvalue weighted by Gasteiger charge is -2.01. The Labute approximate surface area is 118 Å². The molecule has 0 N–H and O–H groups in total. The number of aryl methyl sites for hydroxylation is 2. The lowest BCUT2D eigenvalue weighted by atomic mass is 10.2. The predicted octanol–water partition coefficient (Wildman–Crippen LogP) is -0.207. The fourth-order valence-electron chi connectivity index (χ4n) is 1.72. The summed E-state index contributed by atoms with van der Waals surface area (Å²) in [4.78, 5) is 12.8. The quantitative estimate of drug-likeness (QED) is 0.561. The Morgan fingerprint density at radius 2 is 2.11 bits per heavy atom. The van der Waals surface area contributed by atoms with Gasteiger partial charge in [-0.25, -0.2) is 0 Å². The van der Waals surface area contributed by atoms with E-state index in [0.29, 0.717) is 6.54 Å². The van der Waals surface area contributed by atoms with Crippen molar-refractivity contribution in [2.24, 2.45) is 0 Å². The van der Waals surface area contributed by atoms with Crippen LogP contribution in [0.2, 0.25) is 0 Å². The fourth-order valence-corrected chi connectivity index (χ4v) is 2.37. The second-order valence-corrected chi connectivity index (χ2v) is 5.01. The van der Waals surface area contributed by atoms with Gasteiger partial charge in [-0.15, -0.1) is 11.3 Å². The number of nitrogens with zero attached hydrogens (tertiary/aromatic N) is 1. The molecule has 0 aromatic carbocycles. The maximum Gasteiger partial charge on any atom is 0.237 e. The first-order chi connectivity index (χ1) is 8.20. The van der Waals surface area contributed by atoms with Gasteiger partial charge in [-0.3, -0.25) is 4.79 Å². The summed E-state index contributed by atoms with van der Waals surface area (Å²) in [6.07, 6.45) is 3.06. The van der Waals surface area contributed by atoms with Crippen molar-refractivity contribution in [3.63, 3.8) is 0 Å². The highest BCUT2D eigenvalue weighted by Crippen LogP contribution is 2.09. The first-order valence-electron chi connectivity index (χ1n) is 5.76. The zero-order valence-electron chi connectivity index (χ0n) is 10.5. The number of aromatic nitrogens is 1. The third-order valence-electron chi connectivity index (χ3n) is 2.83. The highest BCUT2D eigenvalue weighted by Gasteiger charge is 2.15. The van der Waals surface area contributed by atoms with Gasteiger partial charge in [-0.05, 0) is 23.9 Å². The molecule has 2 aromatic heterocycles. The summed E-state index contributed by atoms with van der Waals surface area (Å²) in [6.45, 7) is 4.58. The average Bonchev–Trinajstić information content (AvgIpc) is 2.85. The van der Waals surface area contributed by atoms with E-state index in [4.69, 9.17) is 0 Å². The molecule has 0 bridgehead atoms. The molecule has 0 saturated carbocycles. The van der Waals surface area contributed by atoms with Gasteiger partial charge in [-0.1, -0.05) is 13.0 Å². The molecule has 96 valence electrons. The number of thiophene rings is 1. The van der Waals surface area contributed by atoms with Gasteiger partial charge >= 0.3 is 0 Å². The number of halogens is 1. The van der Waals surface area contributed by atoms with E-state index in [1.54, 1.807) is 0 Å². The number of rotatable bonds is 4. The van der Waals surface area contributed by atoms with Gasteiger partial charge in [0.15, 0.2) is 11.9 Å². The fraction of sp³-hybridized carbons (Fsp3) is 0.286. The van der Waals surface area contributed by atoms with Gasteiger partial charge < -0.3 is 12.4 Å². The van der Waals surface area contributed by atoms with Crippen molar-refractivity contribution in [2.75, 3.05) is 0 Å². The molecule has 0 atom stereocenters. The second-order valence-electron chi connectivity index (χ2n) is 4.06. The van der Waals surface area contributed by atoms with Gasteiger partial charge in [0.1, 0.15) is 0 Å². The molecular formula is C14H16ClNOS. The molecule has 0 aliphatic heterocycles. The molecule has 0 amide bonds. The molecule has 0 fully saturated rings. The lowest BCUT2D eigenvalue weighted by Crippen LogP contribution is -3.00. The van der Waals surface area contributed by atoms with Crippen LogP contribution in [-0.4, -0.2) is 5.78 Å². The molecule has 4 heteroatoms. The Hall–Kier alpha value is -1.19. The van der Waals surface area contributed by atoms with E-state index < -0.39 is 0 Å². The van der Waals surface area contributed by atoms with Crippen molar-refractivity contribution in [2.45, 2.75) is 26.8 Å². The summed E-state index contributed by atoms with van der Waals surface area (Å²) >= 11 is 1.50. The average molecular weight is 282 g/mol. The predicted molar refractivity (Wildman–Crippen MR) is 69.4 cm³/mol. The van der Waals surface area contributed by atoms with Crippen LogP contribution in [0.4, 0.5) is 0 Å². The first kappa shape index (κ1) is 14.9. The number of carbonyl (C=O) groups is 1. The second kappa shape index (κ2) is 6.66. The zero-order chi connectivity index (χ0) is 12.3. The molecule has 0 aliphatic carbocycles. The molecule has 2 aromatic rings. The third kappa shape index (κ3) is 3.40. The number of hydrogen-bond acceptors (Lipinski definition) is 2. The van der Waals surface area contributed by atoms with E-state index in [1.165, 1.54) is 16.9 Å². The van der Waals surface area contributed by atoms with Crippen LogP contribution in [0.5, 0.6) is 0 Å². The smallest absolute Gasteiger partial charge is 0.237 e. The van der Waals surface area contributed by atoms with Crippen molar-refractivity contribution in [1.29, 1.82) is 0 Å². The van der Waals surface area contributed by atoms with Gasteiger partial charge in [0.05, 0.1) is 4.88 Å². The van der Waals surface area contributed by atoms with Crippen LogP contribution in [-0.2, 0) is 13.0 Å². The maximum absolute atomic E-state index is 12.0. The molecule has 0 radical (unpaired) electrons. The molecule has 2 heterocycles. The first-order valence-corrected chi connectivity index (χ1v) is 6.64. The van der Waals surface area contributed by atoms with Crippen molar-refractivity contribution in [3.05, 3.63) is 52.0 Å². The minimum absolute atomic E-state index is 0. The van der Waals surface area contributed by atoms with Crippen LogP contribution >= 0.6 is 11.3 Å². The standard InChI is InChI=1S/C14H16NOS.ClH/c1-3-12-7-6-11(2)15(9-12)10-13(16)14-5-4-8-17-14;/h4-9H,3,10H2,1-2H3;1H/q+1;/p-1. The largest absolute Gasteiger partial charge is 1.00 e. The third-order valence-corrected chi connectivity index (χ3v) is 3.74. The van der Waals surface area contributed by atoms with E-state index in [1.807, 2.05) is 29.0 Å². The van der Waals surface area contributed by atoms with Crippen molar-refractivity contribution < 1.29 is 21.8 Å². The van der Waals surface area contributed by atoms with Crippen LogP contribution in [0.3, 0.4) is 0 Å². The number of carbonyl (C=O) groups excluding carboxylic acids is 1. The minimum atomic E-state index is 0. The molecular weight excluding hydrogens is 266 g/mol. The van der Waals surface area contributed by atoms with Crippen molar-refractivity contribution in [3.8, 4) is 0 Å². The molecule has 2 nitrogen and oxygen atoms in total. The van der Waals surface area contributed by atoms with E-state index in [9.17, 15) is 4.79 Å². The highest BCUT2D eigenvalue weighted by atomic mass is 35.5. The Morgan fingerprint density at radius 1 is 1.33 bits per heavy atom. The summed E-state index contributed by atoms with van der Waals surface area (Å²) in [6, 6.07) is 7.98. The minimum Gasteiger partial charge on any atom is -1.00 e. The summed E-state index contributed by atoms with van der Waals surface area (Å²) < 4.78 is 2.03. The molecule has 0 spiro atoms. The van der Waals surface area contributed by atoms with Gasteiger partial charge in [-0.2, -0.15) is 4.57 Å². The molecule has 0 aliphatic rings. The van der Waals surface area contributed by atoms with Crippen LogP contribution in [0.25, 0.3) is 0 Å². The number of Topliss-reactive ketones (excluding diaryl/α,β-unsaturated/α-hetero) is 1. The number of pyridine rings is 1. The molecule has 0 saturated heterocycles. The van der Waals surface area contributed by atoms with Gasteiger partial charge in [0.2, 0.25) is 12.3 Å². The monoisotopic (exact) mass is 281 g/mol. The van der Waals surface area contributed by atoms with Gasteiger partial charge in [0.25, 0.3) is 0 Å². The van der Waals surface area contributed by atoms with Gasteiger partial charge in [0, 0.05) is 18.6 Å². The number of hydrogen-bond donors (Lipinski definition) is 0. The van der Waals surface area contributed by atoms with E-state index in [-0.39, 0.29) is 18.2 Å². The Balaban J connectivity index is 0.00000162. The van der Waals surface area contributed by atoms with Crippen LogP contribution in [0.1, 0.15) is 27.9 Å². The van der Waals surface area contributed by atoms with Crippen LogP contribution in [0.15, 0.2) is 35.8 Å². The molecule has 2 rings (SSSR count).